The molecule has 6 nitrogen and oxygen atoms in total. The van der Waals surface area contributed by atoms with Crippen LogP contribution in [0.4, 0.5) is 4.79 Å². The van der Waals surface area contributed by atoms with Crippen molar-refractivity contribution in [3.8, 4) is 6.07 Å². The maximum atomic E-state index is 13.0. The predicted octanol–water partition coefficient (Wildman–Crippen LogP) is 3.59. The predicted molar refractivity (Wildman–Crippen MR) is 99.7 cm³/mol. The van der Waals surface area contributed by atoms with Crippen LogP contribution in [0.5, 0.6) is 0 Å². The number of rotatable bonds is 2. The van der Waals surface area contributed by atoms with Gasteiger partial charge in [-0.1, -0.05) is 24.3 Å². The van der Waals surface area contributed by atoms with E-state index in [1.807, 2.05) is 24.3 Å². The Hall–Kier alpha value is -3.33. The molecule has 0 bridgehead atoms. The number of hydrogen-bond donors (Lipinski definition) is 0. The standard InChI is InChI=1S/C21H20N4O2/c22-15-21(18-7-4-9-23-13-18)8-10-25(16-21)20(26)24-11-12-27-19(14-24)17-5-2-1-3-6-17/h1-2,4-5,7,9,11-14H,3,6,8,10,16H2. The fraction of sp³-hybridized carbons (Fsp3) is 0.286. The zero-order valence-electron chi connectivity index (χ0n) is 14.9. The Bertz CT molecular complexity index is 895. The molecule has 6 heteroatoms. The minimum atomic E-state index is -0.705. The van der Waals surface area contributed by atoms with E-state index in [1.54, 1.807) is 29.7 Å². The number of carbonyl (C=O) groups excluding carboxylic acids is 1. The lowest BCUT2D eigenvalue weighted by molar-refractivity contribution is 0.184. The SMILES string of the molecule is N#CC1(c2cccnc2)CCN(C(=O)N2C=COC(C3=CC=CCC3)=C2)C1. The molecule has 0 radical (unpaired) electrons. The Balaban J connectivity index is 1.52. The van der Waals surface area contributed by atoms with Gasteiger partial charge in [0, 0.05) is 31.7 Å². The smallest absolute Gasteiger partial charge is 0.328 e. The number of amides is 2. The number of ether oxygens (including phenoxy) is 1. The van der Waals surface area contributed by atoms with Gasteiger partial charge >= 0.3 is 6.03 Å². The summed E-state index contributed by atoms with van der Waals surface area (Å²) in [6, 6.07) is 5.99. The summed E-state index contributed by atoms with van der Waals surface area (Å²) in [5.74, 6) is 0.688. The molecule has 1 unspecified atom stereocenters. The van der Waals surface area contributed by atoms with Crippen LogP contribution in [0.15, 0.2) is 72.7 Å². The first-order valence-corrected chi connectivity index (χ1v) is 9.02. The number of nitriles is 1. The third-order valence-corrected chi connectivity index (χ3v) is 5.19. The van der Waals surface area contributed by atoms with Crippen LogP contribution in [0.3, 0.4) is 0 Å². The molecule has 1 aromatic rings. The van der Waals surface area contributed by atoms with Crippen molar-refractivity contribution in [2.24, 2.45) is 0 Å². The van der Waals surface area contributed by atoms with Crippen molar-refractivity contribution in [1.82, 2.24) is 14.8 Å². The highest BCUT2D eigenvalue weighted by molar-refractivity contribution is 5.78. The maximum absolute atomic E-state index is 13.0. The number of nitrogens with zero attached hydrogens (tertiary/aromatic N) is 4. The first kappa shape index (κ1) is 17.1. The lowest BCUT2D eigenvalue weighted by atomic mass is 9.82. The summed E-state index contributed by atoms with van der Waals surface area (Å²) in [7, 11) is 0. The molecular weight excluding hydrogens is 340 g/mol. The number of hydrogen-bond acceptors (Lipinski definition) is 4. The Morgan fingerprint density at radius 1 is 1.41 bits per heavy atom. The molecule has 1 atom stereocenters. The Kier molecular flexibility index (Phi) is 4.51. The molecule has 2 aliphatic heterocycles. The summed E-state index contributed by atoms with van der Waals surface area (Å²) >= 11 is 0. The highest BCUT2D eigenvalue weighted by atomic mass is 16.5. The Morgan fingerprint density at radius 2 is 2.33 bits per heavy atom. The van der Waals surface area contributed by atoms with Crippen LogP contribution in [-0.4, -0.2) is 33.9 Å². The Labute approximate surface area is 158 Å². The summed E-state index contributed by atoms with van der Waals surface area (Å²) in [5, 5.41) is 9.80. The van der Waals surface area contributed by atoms with Crippen molar-refractivity contribution in [2.45, 2.75) is 24.7 Å². The molecule has 1 saturated heterocycles. The van der Waals surface area contributed by atoms with Crippen molar-refractivity contribution in [3.63, 3.8) is 0 Å². The monoisotopic (exact) mass is 360 g/mol. The molecule has 3 heterocycles. The van der Waals surface area contributed by atoms with Crippen LogP contribution < -0.4 is 0 Å². The van der Waals surface area contributed by atoms with Crippen molar-refractivity contribution in [2.75, 3.05) is 13.1 Å². The molecule has 136 valence electrons. The molecule has 0 N–H and O–H groups in total. The lowest BCUT2D eigenvalue weighted by Gasteiger charge is -2.27. The fourth-order valence-electron chi connectivity index (χ4n) is 3.63. The first-order valence-electron chi connectivity index (χ1n) is 9.02. The highest BCUT2D eigenvalue weighted by Gasteiger charge is 2.43. The van der Waals surface area contributed by atoms with Crippen LogP contribution in [0.1, 0.15) is 24.8 Å². The zero-order valence-corrected chi connectivity index (χ0v) is 14.9. The van der Waals surface area contributed by atoms with Gasteiger partial charge in [0.25, 0.3) is 0 Å². The first-order chi connectivity index (χ1) is 13.2. The van der Waals surface area contributed by atoms with Gasteiger partial charge in [-0.05, 0) is 36.5 Å². The summed E-state index contributed by atoms with van der Waals surface area (Å²) in [6.07, 6.45) is 16.8. The van der Waals surface area contributed by atoms with Gasteiger partial charge in [-0.25, -0.2) is 4.79 Å². The van der Waals surface area contributed by atoms with Gasteiger partial charge in [-0.3, -0.25) is 9.88 Å². The van der Waals surface area contributed by atoms with Crippen molar-refractivity contribution in [3.05, 3.63) is 78.3 Å². The van der Waals surface area contributed by atoms with Gasteiger partial charge in [-0.2, -0.15) is 5.26 Å². The van der Waals surface area contributed by atoms with Gasteiger partial charge in [0.1, 0.15) is 17.4 Å². The molecule has 1 aromatic heterocycles. The molecule has 0 saturated carbocycles. The van der Waals surface area contributed by atoms with Crippen molar-refractivity contribution in [1.29, 1.82) is 5.26 Å². The molecule has 1 fully saturated rings. The molecule has 0 spiro atoms. The van der Waals surface area contributed by atoms with E-state index >= 15 is 0 Å². The minimum Gasteiger partial charge on any atom is -0.462 e. The Morgan fingerprint density at radius 3 is 3.07 bits per heavy atom. The summed E-state index contributed by atoms with van der Waals surface area (Å²) < 4.78 is 5.60. The van der Waals surface area contributed by atoms with E-state index in [0.717, 1.165) is 24.0 Å². The van der Waals surface area contributed by atoms with Crippen molar-refractivity contribution >= 4 is 6.03 Å². The number of likely N-dealkylation sites (tertiary alicyclic amines) is 1. The number of aromatic nitrogens is 1. The quantitative estimate of drug-likeness (QED) is 0.808. The van der Waals surface area contributed by atoms with Gasteiger partial charge < -0.3 is 9.64 Å². The molecule has 4 rings (SSSR count). The van der Waals surface area contributed by atoms with E-state index in [-0.39, 0.29) is 6.03 Å². The van der Waals surface area contributed by atoms with Gasteiger partial charge in [0.2, 0.25) is 0 Å². The topological polar surface area (TPSA) is 69.5 Å². The van der Waals surface area contributed by atoms with Gasteiger partial charge in [0.05, 0.1) is 12.3 Å². The number of allylic oxidation sites excluding steroid dienone is 4. The normalized spacial score (nSPS) is 24.1. The van der Waals surface area contributed by atoms with E-state index in [1.165, 1.54) is 11.2 Å². The van der Waals surface area contributed by atoms with E-state index in [2.05, 4.69) is 17.1 Å². The van der Waals surface area contributed by atoms with E-state index in [4.69, 9.17) is 4.74 Å². The summed E-state index contributed by atoms with van der Waals surface area (Å²) in [6.45, 7) is 0.884. The van der Waals surface area contributed by atoms with Crippen LogP contribution in [0.2, 0.25) is 0 Å². The minimum absolute atomic E-state index is 0.153. The molecule has 0 aromatic carbocycles. The van der Waals surface area contributed by atoms with E-state index in [0.29, 0.717) is 25.3 Å². The van der Waals surface area contributed by atoms with Crippen LogP contribution in [0, 0.1) is 11.3 Å². The average molecular weight is 360 g/mol. The molecular formula is C21H20N4O2. The second-order valence-electron chi connectivity index (χ2n) is 6.85. The lowest BCUT2D eigenvalue weighted by Crippen LogP contribution is -2.39. The molecule has 3 aliphatic rings. The molecule has 27 heavy (non-hydrogen) atoms. The fourth-order valence-corrected chi connectivity index (χ4v) is 3.63. The third kappa shape index (κ3) is 3.24. The highest BCUT2D eigenvalue weighted by Crippen LogP contribution is 2.34. The van der Waals surface area contributed by atoms with Crippen LogP contribution in [-0.2, 0) is 10.2 Å². The molecule has 1 aliphatic carbocycles. The zero-order chi connectivity index (χ0) is 18.7. The third-order valence-electron chi connectivity index (χ3n) is 5.19. The number of pyridine rings is 1. The average Bonchev–Trinajstić information content (AvgIpc) is 3.20. The van der Waals surface area contributed by atoms with Gasteiger partial charge in [-0.15, -0.1) is 0 Å². The van der Waals surface area contributed by atoms with Crippen molar-refractivity contribution < 1.29 is 9.53 Å². The number of urea groups is 1. The number of carbonyl (C=O) groups is 1. The van der Waals surface area contributed by atoms with E-state index < -0.39 is 5.41 Å². The van der Waals surface area contributed by atoms with Gasteiger partial charge in [0.15, 0.2) is 0 Å². The summed E-state index contributed by atoms with van der Waals surface area (Å²) in [5.41, 5.74) is 1.22. The second-order valence-corrected chi connectivity index (χ2v) is 6.85. The largest absolute Gasteiger partial charge is 0.462 e. The van der Waals surface area contributed by atoms with E-state index in [9.17, 15) is 10.1 Å². The second kappa shape index (κ2) is 7.12. The molecule has 2 amide bonds. The summed E-state index contributed by atoms with van der Waals surface area (Å²) in [4.78, 5) is 20.4. The van der Waals surface area contributed by atoms with Crippen LogP contribution in [0.25, 0.3) is 0 Å². The van der Waals surface area contributed by atoms with Crippen LogP contribution >= 0.6 is 0 Å². The maximum Gasteiger partial charge on any atom is 0.328 e.